The number of hydrogen-bond acceptors (Lipinski definition) is 5. The number of para-hydroxylation sites is 1. The first-order valence-corrected chi connectivity index (χ1v) is 7.34. The summed E-state index contributed by atoms with van der Waals surface area (Å²) in [6.45, 7) is 6.36. The molecule has 1 aromatic heterocycles. The number of aryl methyl sites for hydroxylation is 1. The third-order valence-corrected chi connectivity index (χ3v) is 3.08. The molecule has 0 aliphatic rings. The SMILES string of the molecule is Cc1n[nH]c(=S)n(/N=C\c2ccccc2OCC(C)C)c1=O. The molecule has 0 spiro atoms. The Morgan fingerprint density at radius 2 is 2.18 bits per heavy atom. The fourth-order valence-electron chi connectivity index (χ4n) is 1.67. The van der Waals surface area contributed by atoms with Crippen molar-refractivity contribution < 1.29 is 4.74 Å². The molecule has 116 valence electrons. The van der Waals surface area contributed by atoms with Gasteiger partial charge in [0.25, 0.3) is 5.56 Å². The van der Waals surface area contributed by atoms with Crippen molar-refractivity contribution in [1.29, 1.82) is 0 Å². The van der Waals surface area contributed by atoms with Crippen molar-refractivity contribution in [3.8, 4) is 5.75 Å². The molecular formula is C15H18N4O2S. The molecule has 22 heavy (non-hydrogen) atoms. The number of nitrogens with zero attached hydrogens (tertiary/aromatic N) is 3. The lowest BCUT2D eigenvalue weighted by atomic mass is 10.2. The van der Waals surface area contributed by atoms with Crippen LogP contribution < -0.4 is 10.3 Å². The highest BCUT2D eigenvalue weighted by Gasteiger charge is 2.04. The second-order valence-corrected chi connectivity index (χ2v) is 5.61. The van der Waals surface area contributed by atoms with Gasteiger partial charge in [-0.2, -0.15) is 14.9 Å². The molecule has 0 aliphatic carbocycles. The van der Waals surface area contributed by atoms with Gasteiger partial charge < -0.3 is 4.74 Å². The van der Waals surface area contributed by atoms with Gasteiger partial charge in [0.15, 0.2) is 0 Å². The molecule has 2 rings (SSSR count). The fraction of sp³-hybridized carbons (Fsp3) is 0.333. The fourth-order valence-corrected chi connectivity index (χ4v) is 1.85. The molecule has 1 N–H and O–H groups in total. The lowest BCUT2D eigenvalue weighted by Crippen LogP contribution is -2.22. The summed E-state index contributed by atoms with van der Waals surface area (Å²) < 4.78 is 7.00. The molecule has 6 nitrogen and oxygen atoms in total. The van der Waals surface area contributed by atoms with Crippen LogP contribution in [0.3, 0.4) is 0 Å². The molecule has 0 aliphatic heterocycles. The lowest BCUT2D eigenvalue weighted by molar-refractivity contribution is 0.270. The summed E-state index contributed by atoms with van der Waals surface area (Å²) >= 11 is 5.03. The maximum atomic E-state index is 12.0. The zero-order valence-corrected chi connectivity index (χ0v) is 13.6. The van der Waals surface area contributed by atoms with Gasteiger partial charge in [0.1, 0.15) is 11.4 Å². The van der Waals surface area contributed by atoms with Crippen LogP contribution in [-0.4, -0.2) is 27.7 Å². The van der Waals surface area contributed by atoms with E-state index in [1.165, 1.54) is 0 Å². The van der Waals surface area contributed by atoms with Gasteiger partial charge in [-0.05, 0) is 37.2 Å². The topological polar surface area (TPSA) is 72.3 Å². The first-order valence-electron chi connectivity index (χ1n) is 6.93. The van der Waals surface area contributed by atoms with Crippen LogP contribution in [-0.2, 0) is 0 Å². The van der Waals surface area contributed by atoms with Gasteiger partial charge in [-0.3, -0.25) is 9.89 Å². The van der Waals surface area contributed by atoms with E-state index >= 15 is 0 Å². The Kier molecular flexibility index (Phi) is 5.21. The van der Waals surface area contributed by atoms with Crippen molar-refractivity contribution in [2.45, 2.75) is 20.8 Å². The van der Waals surface area contributed by atoms with Gasteiger partial charge in [0.2, 0.25) is 4.77 Å². The molecule has 0 unspecified atom stereocenters. The monoisotopic (exact) mass is 318 g/mol. The average Bonchev–Trinajstić information content (AvgIpc) is 2.50. The second kappa shape index (κ2) is 7.13. The quantitative estimate of drug-likeness (QED) is 0.679. The summed E-state index contributed by atoms with van der Waals surface area (Å²) in [7, 11) is 0. The molecule has 0 saturated carbocycles. The van der Waals surface area contributed by atoms with E-state index in [9.17, 15) is 4.79 Å². The van der Waals surface area contributed by atoms with Crippen LogP contribution in [0.5, 0.6) is 5.75 Å². The molecule has 1 heterocycles. The van der Waals surface area contributed by atoms with E-state index in [2.05, 4.69) is 29.1 Å². The maximum Gasteiger partial charge on any atom is 0.296 e. The number of benzene rings is 1. The Balaban J connectivity index is 2.34. The standard InChI is InChI=1S/C15H18N4O2S/c1-10(2)9-21-13-7-5-4-6-12(13)8-16-19-14(20)11(3)17-18-15(19)22/h4-8,10H,9H2,1-3H3,(H,18,22)/b16-8-. The molecule has 1 aromatic carbocycles. The summed E-state index contributed by atoms with van der Waals surface area (Å²) in [4.78, 5) is 12.0. The molecule has 7 heteroatoms. The van der Waals surface area contributed by atoms with Gasteiger partial charge in [-0.25, -0.2) is 0 Å². The number of nitrogens with one attached hydrogen (secondary N) is 1. The van der Waals surface area contributed by atoms with E-state index in [0.29, 0.717) is 24.0 Å². The van der Waals surface area contributed by atoms with Gasteiger partial charge in [-0.15, -0.1) is 0 Å². The van der Waals surface area contributed by atoms with E-state index < -0.39 is 0 Å². The number of hydrogen-bond donors (Lipinski definition) is 1. The summed E-state index contributed by atoms with van der Waals surface area (Å²) in [5, 5.41) is 10.5. The van der Waals surface area contributed by atoms with Crippen LogP contribution in [0.25, 0.3) is 0 Å². The van der Waals surface area contributed by atoms with E-state index in [-0.39, 0.29) is 10.3 Å². The first-order chi connectivity index (χ1) is 10.5. The van der Waals surface area contributed by atoms with Gasteiger partial charge in [0.05, 0.1) is 12.8 Å². The Bertz CT molecular complexity index is 793. The molecule has 0 fully saturated rings. The number of aromatic nitrogens is 3. The highest BCUT2D eigenvalue weighted by atomic mass is 32.1. The molecular weight excluding hydrogens is 300 g/mol. The number of H-pyrrole nitrogens is 1. The van der Waals surface area contributed by atoms with Crippen LogP contribution in [0.1, 0.15) is 25.1 Å². The summed E-state index contributed by atoms with van der Waals surface area (Å²) in [5.41, 5.74) is 0.731. The molecule has 0 amide bonds. The van der Waals surface area contributed by atoms with Crippen molar-refractivity contribution in [2.24, 2.45) is 11.0 Å². The predicted octanol–water partition coefficient (Wildman–Crippen LogP) is 2.53. The highest BCUT2D eigenvalue weighted by Crippen LogP contribution is 2.16. The second-order valence-electron chi connectivity index (χ2n) is 5.22. The smallest absolute Gasteiger partial charge is 0.296 e. The highest BCUT2D eigenvalue weighted by molar-refractivity contribution is 7.71. The molecule has 0 radical (unpaired) electrons. The molecule has 0 bridgehead atoms. The van der Waals surface area contributed by atoms with Crippen LogP contribution in [0.4, 0.5) is 0 Å². The van der Waals surface area contributed by atoms with E-state index in [1.54, 1.807) is 13.1 Å². The van der Waals surface area contributed by atoms with Crippen molar-refractivity contribution in [3.63, 3.8) is 0 Å². The third kappa shape index (κ3) is 3.88. The summed E-state index contributed by atoms with van der Waals surface area (Å²) in [5.74, 6) is 1.14. The predicted molar refractivity (Wildman–Crippen MR) is 88.2 cm³/mol. The first kappa shape index (κ1) is 16.1. The van der Waals surface area contributed by atoms with Crippen molar-refractivity contribution in [3.05, 3.63) is 50.6 Å². The minimum atomic E-state index is -0.347. The molecule has 0 saturated heterocycles. The minimum Gasteiger partial charge on any atom is -0.493 e. The number of ether oxygens (including phenoxy) is 1. The normalized spacial score (nSPS) is 11.3. The number of aromatic amines is 1. The van der Waals surface area contributed by atoms with Gasteiger partial charge >= 0.3 is 0 Å². The van der Waals surface area contributed by atoms with E-state index in [4.69, 9.17) is 17.0 Å². The van der Waals surface area contributed by atoms with Crippen LogP contribution >= 0.6 is 12.2 Å². The van der Waals surface area contributed by atoms with E-state index in [1.807, 2.05) is 24.3 Å². The van der Waals surface area contributed by atoms with Crippen LogP contribution in [0, 0.1) is 17.6 Å². The van der Waals surface area contributed by atoms with E-state index in [0.717, 1.165) is 10.2 Å². The lowest BCUT2D eigenvalue weighted by Gasteiger charge is -2.10. The Hall–Kier alpha value is -2.28. The Morgan fingerprint density at radius 1 is 1.45 bits per heavy atom. The number of rotatable bonds is 5. The minimum absolute atomic E-state index is 0.146. The Labute approximate surface area is 133 Å². The van der Waals surface area contributed by atoms with Crippen LogP contribution in [0.15, 0.2) is 34.2 Å². The summed E-state index contributed by atoms with van der Waals surface area (Å²) in [6, 6.07) is 7.50. The van der Waals surface area contributed by atoms with Gasteiger partial charge in [0, 0.05) is 5.56 Å². The molecule has 2 aromatic rings. The largest absolute Gasteiger partial charge is 0.493 e. The average molecular weight is 318 g/mol. The van der Waals surface area contributed by atoms with Crippen LogP contribution in [0.2, 0.25) is 0 Å². The maximum absolute atomic E-state index is 12.0. The van der Waals surface area contributed by atoms with Crippen molar-refractivity contribution in [2.75, 3.05) is 6.61 Å². The summed E-state index contributed by atoms with van der Waals surface area (Å²) in [6.07, 6.45) is 1.56. The zero-order chi connectivity index (χ0) is 16.1. The molecule has 0 atom stereocenters. The van der Waals surface area contributed by atoms with Crippen molar-refractivity contribution >= 4 is 18.4 Å². The van der Waals surface area contributed by atoms with Gasteiger partial charge in [-0.1, -0.05) is 26.0 Å². The van der Waals surface area contributed by atoms with Crippen molar-refractivity contribution in [1.82, 2.24) is 14.9 Å². The third-order valence-electron chi connectivity index (χ3n) is 2.82. The Morgan fingerprint density at radius 3 is 2.91 bits per heavy atom. The zero-order valence-electron chi connectivity index (χ0n) is 12.7.